The fraction of sp³-hybridized carbons (Fsp3) is 0.423. The molecule has 0 aliphatic carbocycles. The van der Waals surface area contributed by atoms with Crippen molar-refractivity contribution in [2.75, 3.05) is 24.5 Å². The van der Waals surface area contributed by atoms with E-state index in [4.69, 9.17) is 9.47 Å². The van der Waals surface area contributed by atoms with Gasteiger partial charge in [-0.3, -0.25) is 4.90 Å². The van der Waals surface area contributed by atoms with E-state index in [9.17, 15) is 14.4 Å². The van der Waals surface area contributed by atoms with E-state index in [0.29, 0.717) is 26.2 Å². The molecule has 180 valence electrons. The number of hydrogen-bond acceptors (Lipinski definition) is 6. The summed E-state index contributed by atoms with van der Waals surface area (Å²) >= 11 is 0. The number of carbonyl (C=O) groups is 3. The van der Waals surface area contributed by atoms with E-state index in [1.165, 1.54) is 0 Å². The minimum absolute atomic E-state index is 0.237. The SMILES string of the molecule is CC(C)(C)OC(=O)N1CCN(c2ccc3c(c2)CN(C(=O)OCc2ccccc2)C3)C(C=O)C1. The summed E-state index contributed by atoms with van der Waals surface area (Å²) in [5, 5.41) is 0. The summed E-state index contributed by atoms with van der Waals surface area (Å²) in [6, 6.07) is 15.1. The summed E-state index contributed by atoms with van der Waals surface area (Å²) in [6.45, 7) is 7.91. The fourth-order valence-corrected chi connectivity index (χ4v) is 4.24. The van der Waals surface area contributed by atoms with Crippen LogP contribution in [0.15, 0.2) is 48.5 Å². The maximum absolute atomic E-state index is 12.6. The van der Waals surface area contributed by atoms with Crippen LogP contribution >= 0.6 is 0 Å². The first-order valence-corrected chi connectivity index (χ1v) is 11.5. The van der Waals surface area contributed by atoms with Gasteiger partial charge in [0.15, 0.2) is 0 Å². The zero-order valence-corrected chi connectivity index (χ0v) is 19.9. The van der Waals surface area contributed by atoms with Crippen molar-refractivity contribution in [3.8, 4) is 0 Å². The zero-order chi connectivity index (χ0) is 24.3. The van der Waals surface area contributed by atoms with Gasteiger partial charge >= 0.3 is 12.2 Å². The van der Waals surface area contributed by atoms with E-state index in [2.05, 4.69) is 0 Å². The number of nitrogens with zero attached hydrogens (tertiary/aromatic N) is 3. The van der Waals surface area contributed by atoms with Crippen LogP contribution in [-0.4, -0.2) is 59.5 Å². The van der Waals surface area contributed by atoms with Crippen LogP contribution in [0.5, 0.6) is 0 Å². The summed E-state index contributed by atoms with van der Waals surface area (Å²) in [4.78, 5) is 42.1. The number of rotatable bonds is 4. The van der Waals surface area contributed by atoms with Crippen LogP contribution in [0.1, 0.15) is 37.5 Å². The number of anilines is 1. The number of fused-ring (bicyclic) bond motifs is 1. The van der Waals surface area contributed by atoms with Crippen LogP contribution in [0.2, 0.25) is 0 Å². The molecule has 0 radical (unpaired) electrons. The molecule has 2 aliphatic heterocycles. The molecular weight excluding hydrogens is 434 g/mol. The largest absolute Gasteiger partial charge is 0.445 e. The van der Waals surface area contributed by atoms with Crippen LogP contribution in [0.25, 0.3) is 0 Å². The van der Waals surface area contributed by atoms with E-state index in [0.717, 1.165) is 28.7 Å². The molecule has 0 aromatic heterocycles. The van der Waals surface area contributed by atoms with Gasteiger partial charge in [-0.2, -0.15) is 0 Å². The highest BCUT2D eigenvalue weighted by Gasteiger charge is 2.33. The molecule has 34 heavy (non-hydrogen) atoms. The van der Waals surface area contributed by atoms with Gasteiger partial charge in [0.05, 0.1) is 6.54 Å². The van der Waals surface area contributed by atoms with Gasteiger partial charge in [-0.15, -0.1) is 0 Å². The molecular formula is C26H31N3O5. The third-order valence-electron chi connectivity index (χ3n) is 5.93. The molecule has 2 heterocycles. The minimum atomic E-state index is -0.584. The van der Waals surface area contributed by atoms with Gasteiger partial charge in [-0.25, -0.2) is 9.59 Å². The maximum Gasteiger partial charge on any atom is 0.410 e. The average Bonchev–Trinajstić information content (AvgIpc) is 3.25. The molecule has 1 unspecified atom stereocenters. The quantitative estimate of drug-likeness (QED) is 0.636. The van der Waals surface area contributed by atoms with E-state index in [-0.39, 0.29) is 19.2 Å². The highest BCUT2D eigenvalue weighted by molar-refractivity contribution is 5.73. The molecule has 8 heteroatoms. The number of hydrogen-bond donors (Lipinski definition) is 0. The summed E-state index contributed by atoms with van der Waals surface area (Å²) in [6.07, 6.45) is 0.118. The number of amides is 2. The van der Waals surface area contributed by atoms with Gasteiger partial charge in [0, 0.05) is 31.9 Å². The van der Waals surface area contributed by atoms with Crippen LogP contribution in [0.4, 0.5) is 15.3 Å². The summed E-state index contributed by atoms with van der Waals surface area (Å²) in [7, 11) is 0. The Kier molecular flexibility index (Phi) is 6.77. The van der Waals surface area contributed by atoms with Crippen molar-refractivity contribution < 1.29 is 23.9 Å². The summed E-state index contributed by atoms with van der Waals surface area (Å²) in [5.41, 5.74) is 3.36. The van der Waals surface area contributed by atoms with Crippen LogP contribution in [0, 0.1) is 0 Å². The van der Waals surface area contributed by atoms with Gasteiger partial charge in [0.25, 0.3) is 0 Å². The number of piperazine rings is 1. The Hall–Kier alpha value is -3.55. The fourth-order valence-electron chi connectivity index (χ4n) is 4.24. The van der Waals surface area contributed by atoms with Crippen molar-refractivity contribution in [2.45, 2.75) is 52.1 Å². The van der Waals surface area contributed by atoms with E-state index in [1.54, 1.807) is 9.80 Å². The third-order valence-corrected chi connectivity index (χ3v) is 5.93. The topological polar surface area (TPSA) is 79.4 Å². The Morgan fingerprint density at radius 2 is 1.71 bits per heavy atom. The predicted octanol–water partition coefficient (Wildman–Crippen LogP) is 3.96. The van der Waals surface area contributed by atoms with Crippen LogP contribution < -0.4 is 4.90 Å². The summed E-state index contributed by atoms with van der Waals surface area (Å²) < 4.78 is 10.9. The van der Waals surface area contributed by atoms with E-state index < -0.39 is 17.7 Å². The number of benzene rings is 2. The molecule has 1 atom stereocenters. The standard InChI is InChI=1S/C26H31N3O5/c1-26(2,3)34-25(32)27-11-12-29(23(16-27)17-30)22-10-9-20-14-28(15-21(20)13-22)24(31)33-18-19-7-5-4-6-8-19/h4-10,13,17,23H,11-12,14-16,18H2,1-3H3. The van der Waals surface area contributed by atoms with Crippen LogP contribution in [0.3, 0.4) is 0 Å². The Labute approximate surface area is 200 Å². The molecule has 0 saturated carbocycles. The second-order valence-corrected chi connectivity index (χ2v) is 9.67. The Balaban J connectivity index is 1.38. The lowest BCUT2D eigenvalue weighted by atomic mass is 10.1. The van der Waals surface area contributed by atoms with Gasteiger partial charge in [-0.1, -0.05) is 36.4 Å². The van der Waals surface area contributed by atoms with E-state index in [1.807, 2.05) is 74.2 Å². The van der Waals surface area contributed by atoms with Crippen LogP contribution in [-0.2, 0) is 34.0 Å². The first-order valence-electron chi connectivity index (χ1n) is 11.5. The second kappa shape index (κ2) is 9.75. The van der Waals surface area contributed by atoms with Crippen molar-refractivity contribution in [1.29, 1.82) is 0 Å². The zero-order valence-electron chi connectivity index (χ0n) is 19.9. The molecule has 0 bridgehead atoms. The van der Waals surface area contributed by atoms with Crippen molar-refractivity contribution in [1.82, 2.24) is 9.80 Å². The van der Waals surface area contributed by atoms with Gasteiger partial charge in [-0.05, 0) is 49.6 Å². The number of aldehydes is 1. The lowest BCUT2D eigenvalue weighted by Crippen LogP contribution is -2.56. The first-order chi connectivity index (χ1) is 16.2. The lowest BCUT2D eigenvalue weighted by molar-refractivity contribution is -0.109. The molecule has 0 spiro atoms. The van der Waals surface area contributed by atoms with Crippen molar-refractivity contribution >= 4 is 24.2 Å². The maximum atomic E-state index is 12.6. The molecule has 1 fully saturated rings. The molecule has 4 rings (SSSR count). The van der Waals surface area contributed by atoms with Gasteiger partial charge in [0.1, 0.15) is 24.5 Å². The normalized spacial score (nSPS) is 17.9. The Bertz CT molecular complexity index is 1050. The molecule has 8 nitrogen and oxygen atoms in total. The molecule has 0 N–H and O–H groups in total. The highest BCUT2D eigenvalue weighted by Crippen LogP contribution is 2.30. The molecule has 1 saturated heterocycles. The van der Waals surface area contributed by atoms with Crippen molar-refractivity contribution in [3.63, 3.8) is 0 Å². The third kappa shape index (κ3) is 5.50. The Morgan fingerprint density at radius 1 is 0.971 bits per heavy atom. The smallest absolute Gasteiger partial charge is 0.410 e. The molecule has 2 aliphatic rings. The second-order valence-electron chi connectivity index (χ2n) is 9.67. The van der Waals surface area contributed by atoms with E-state index >= 15 is 0 Å². The van der Waals surface area contributed by atoms with Crippen molar-refractivity contribution in [3.05, 3.63) is 65.2 Å². The molecule has 2 aromatic carbocycles. The van der Waals surface area contributed by atoms with Gasteiger partial charge in [0.2, 0.25) is 0 Å². The average molecular weight is 466 g/mol. The minimum Gasteiger partial charge on any atom is -0.445 e. The lowest BCUT2D eigenvalue weighted by Gasteiger charge is -2.40. The highest BCUT2D eigenvalue weighted by atomic mass is 16.6. The number of carbonyl (C=O) groups excluding carboxylic acids is 3. The summed E-state index contributed by atoms with van der Waals surface area (Å²) in [5.74, 6) is 0. The first kappa shape index (κ1) is 23.6. The molecule has 2 aromatic rings. The van der Waals surface area contributed by atoms with Gasteiger partial charge < -0.3 is 24.1 Å². The van der Waals surface area contributed by atoms with Crippen molar-refractivity contribution in [2.24, 2.45) is 0 Å². The molecule has 2 amide bonds. The number of ether oxygens (including phenoxy) is 2. The monoisotopic (exact) mass is 465 g/mol. The Morgan fingerprint density at radius 3 is 2.41 bits per heavy atom. The predicted molar refractivity (Wildman–Crippen MR) is 127 cm³/mol.